The minimum Gasteiger partial charge on any atom is -0.225 e. The first-order valence-electron chi connectivity index (χ1n) is 3.26. The summed E-state index contributed by atoms with van der Waals surface area (Å²) in [5.74, 6) is -0.423. The molecule has 0 fully saturated rings. The van der Waals surface area contributed by atoms with Crippen LogP contribution in [0.1, 0.15) is 0 Å². The van der Waals surface area contributed by atoms with Crippen molar-refractivity contribution in [2.24, 2.45) is 0 Å². The minimum atomic E-state index is -0.423. The van der Waals surface area contributed by atoms with Crippen molar-refractivity contribution in [3.8, 4) is 24.9 Å². The molecule has 0 atom stereocenters. The smallest absolute Gasteiger partial charge is 0.148 e. The van der Waals surface area contributed by atoms with Crippen molar-refractivity contribution in [3.63, 3.8) is 0 Å². The molecule has 0 heterocycles. The number of hydrogen-bond donors (Lipinski definition) is 0. The van der Waals surface area contributed by atoms with Gasteiger partial charge in [0.2, 0.25) is 0 Å². The molecule has 12 heavy (non-hydrogen) atoms. The van der Waals surface area contributed by atoms with Gasteiger partial charge in [0.15, 0.2) is 0 Å². The van der Waals surface area contributed by atoms with Gasteiger partial charge in [-0.15, -0.1) is 0 Å². The van der Waals surface area contributed by atoms with Crippen molar-refractivity contribution in [2.45, 2.75) is 0 Å². The fourth-order valence-corrected chi connectivity index (χ4v) is 0.809. The molecule has 0 aromatic heterocycles. The van der Waals surface area contributed by atoms with Gasteiger partial charge >= 0.3 is 0 Å². The predicted octanol–water partition coefficient (Wildman–Crippen LogP) is 1.81. The van der Waals surface area contributed by atoms with Crippen LogP contribution in [0.3, 0.4) is 0 Å². The second kappa shape index (κ2) is 3.46. The zero-order valence-electron chi connectivity index (χ0n) is 6.29. The topological polar surface area (TPSA) is 3.24 Å². The average molecular weight is 159 g/mol. The van der Waals surface area contributed by atoms with E-state index in [0.717, 1.165) is 4.90 Å². The van der Waals surface area contributed by atoms with Gasteiger partial charge in [0.1, 0.15) is 5.82 Å². The van der Waals surface area contributed by atoms with Crippen LogP contribution in [-0.4, -0.2) is 0 Å². The number of anilines is 1. The Labute approximate surface area is 70.8 Å². The van der Waals surface area contributed by atoms with E-state index in [2.05, 4.69) is 12.1 Å². The molecule has 0 amide bonds. The van der Waals surface area contributed by atoms with E-state index in [1.165, 1.54) is 12.1 Å². The third kappa shape index (κ3) is 1.38. The second-order valence-electron chi connectivity index (χ2n) is 2.05. The van der Waals surface area contributed by atoms with E-state index >= 15 is 0 Å². The molecule has 1 rings (SSSR count). The Balaban J connectivity index is 3.13. The van der Waals surface area contributed by atoms with Gasteiger partial charge in [-0.05, 0) is 12.1 Å². The summed E-state index contributed by atoms with van der Waals surface area (Å²) in [6.45, 7) is 0. The molecule has 0 saturated heterocycles. The number of rotatable bonds is 1. The van der Waals surface area contributed by atoms with E-state index in [-0.39, 0.29) is 5.69 Å². The van der Waals surface area contributed by atoms with Crippen LogP contribution < -0.4 is 4.90 Å². The molecule has 0 spiro atoms. The zero-order chi connectivity index (χ0) is 8.97. The van der Waals surface area contributed by atoms with Crippen molar-refractivity contribution in [2.75, 3.05) is 4.90 Å². The summed E-state index contributed by atoms with van der Waals surface area (Å²) < 4.78 is 13.0. The summed E-state index contributed by atoms with van der Waals surface area (Å²) in [4.78, 5) is 1.05. The average Bonchev–Trinajstić information content (AvgIpc) is 2.10. The Bertz CT molecular complexity index is 343. The molecule has 0 bridgehead atoms. The Morgan fingerprint density at radius 1 is 1.17 bits per heavy atom. The molecule has 0 N–H and O–H groups in total. The quantitative estimate of drug-likeness (QED) is 0.446. The molecule has 1 aromatic carbocycles. The third-order valence-electron chi connectivity index (χ3n) is 1.35. The van der Waals surface area contributed by atoms with Crippen molar-refractivity contribution >= 4 is 5.69 Å². The molecular weight excluding hydrogens is 153 g/mol. The highest BCUT2D eigenvalue weighted by Gasteiger charge is 2.04. The van der Waals surface area contributed by atoms with Gasteiger partial charge in [0.25, 0.3) is 0 Å². The largest absolute Gasteiger partial charge is 0.225 e. The van der Waals surface area contributed by atoms with Crippen molar-refractivity contribution < 1.29 is 4.39 Å². The normalized spacial score (nSPS) is 8.25. The Kier molecular flexibility index (Phi) is 2.35. The molecule has 2 heteroatoms. The standard InChI is InChI=1S/C10H6FN/c1-3-12(4-2)10-8-6-5-7-9(10)11/h1-2,5-8H. The minimum absolute atomic E-state index is 0.225. The van der Waals surface area contributed by atoms with Crippen LogP contribution in [0.15, 0.2) is 24.3 Å². The molecular formula is C10H6FN. The van der Waals surface area contributed by atoms with Crippen molar-refractivity contribution in [1.82, 2.24) is 0 Å². The van der Waals surface area contributed by atoms with Crippen LogP contribution in [0.4, 0.5) is 10.1 Å². The maximum Gasteiger partial charge on any atom is 0.148 e. The van der Waals surface area contributed by atoms with Gasteiger partial charge in [-0.3, -0.25) is 0 Å². The summed E-state index contributed by atoms with van der Waals surface area (Å²) in [5, 5.41) is 0. The molecule has 0 aliphatic rings. The lowest BCUT2D eigenvalue weighted by atomic mass is 10.3. The molecule has 0 saturated carbocycles. The summed E-state index contributed by atoms with van der Waals surface area (Å²) >= 11 is 0. The lowest BCUT2D eigenvalue weighted by Crippen LogP contribution is -2.08. The van der Waals surface area contributed by atoms with Crippen LogP contribution in [-0.2, 0) is 0 Å². The number of para-hydroxylation sites is 1. The highest BCUT2D eigenvalue weighted by Crippen LogP contribution is 2.16. The number of nitrogens with zero attached hydrogens (tertiary/aromatic N) is 1. The van der Waals surface area contributed by atoms with Crippen LogP contribution in [0, 0.1) is 30.8 Å². The van der Waals surface area contributed by atoms with Gasteiger partial charge in [-0.25, -0.2) is 9.29 Å². The van der Waals surface area contributed by atoms with E-state index < -0.39 is 5.82 Å². The Morgan fingerprint density at radius 2 is 1.75 bits per heavy atom. The summed E-state index contributed by atoms with van der Waals surface area (Å²) in [5.41, 5.74) is 0.225. The van der Waals surface area contributed by atoms with Gasteiger partial charge in [-0.1, -0.05) is 25.0 Å². The Morgan fingerprint density at radius 3 is 2.25 bits per heavy atom. The summed E-state index contributed by atoms with van der Waals surface area (Å²) in [6.07, 6.45) is 10.1. The van der Waals surface area contributed by atoms with Crippen LogP contribution in [0.2, 0.25) is 0 Å². The highest BCUT2D eigenvalue weighted by molar-refractivity contribution is 5.57. The first kappa shape index (κ1) is 8.17. The van der Waals surface area contributed by atoms with Gasteiger partial charge in [0.05, 0.1) is 5.69 Å². The summed E-state index contributed by atoms with van der Waals surface area (Å²) in [7, 11) is 0. The van der Waals surface area contributed by atoms with E-state index in [4.69, 9.17) is 12.8 Å². The number of terminal acetylenes is 2. The maximum atomic E-state index is 13.0. The molecule has 0 radical (unpaired) electrons. The molecule has 0 aliphatic carbocycles. The van der Waals surface area contributed by atoms with E-state index in [0.29, 0.717) is 0 Å². The second-order valence-corrected chi connectivity index (χ2v) is 2.05. The summed E-state index contributed by atoms with van der Waals surface area (Å²) in [6, 6.07) is 10.4. The van der Waals surface area contributed by atoms with E-state index in [1.54, 1.807) is 12.1 Å². The lowest BCUT2D eigenvalue weighted by Gasteiger charge is -2.08. The SMILES string of the molecule is C#CN(C#C)c1ccccc1F. The first-order valence-corrected chi connectivity index (χ1v) is 3.26. The van der Waals surface area contributed by atoms with E-state index in [9.17, 15) is 4.39 Å². The highest BCUT2D eigenvalue weighted by atomic mass is 19.1. The molecule has 0 unspecified atom stereocenters. The fraction of sp³-hybridized carbons (Fsp3) is 0. The first-order chi connectivity index (χ1) is 5.79. The van der Waals surface area contributed by atoms with Crippen molar-refractivity contribution in [1.29, 1.82) is 0 Å². The van der Waals surface area contributed by atoms with Crippen LogP contribution >= 0.6 is 0 Å². The number of hydrogen-bond acceptors (Lipinski definition) is 1. The van der Waals surface area contributed by atoms with Crippen LogP contribution in [0.5, 0.6) is 0 Å². The number of benzene rings is 1. The van der Waals surface area contributed by atoms with Gasteiger partial charge < -0.3 is 0 Å². The molecule has 1 aromatic rings. The fourth-order valence-electron chi connectivity index (χ4n) is 0.809. The van der Waals surface area contributed by atoms with E-state index in [1.807, 2.05) is 0 Å². The van der Waals surface area contributed by atoms with Gasteiger partial charge in [-0.2, -0.15) is 0 Å². The van der Waals surface area contributed by atoms with Gasteiger partial charge in [0, 0.05) is 12.1 Å². The lowest BCUT2D eigenvalue weighted by molar-refractivity contribution is 0.629. The Hall–Kier alpha value is -1.93. The number of halogens is 1. The predicted molar refractivity (Wildman–Crippen MR) is 46.5 cm³/mol. The molecule has 1 nitrogen and oxygen atoms in total. The molecule has 0 aliphatic heterocycles. The zero-order valence-corrected chi connectivity index (χ0v) is 6.29. The third-order valence-corrected chi connectivity index (χ3v) is 1.35. The maximum absolute atomic E-state index is 13.0. The van der Waals surface area contributed by atoms with Crippen LogP contribution in [0.25, 0.3) is 0 Å². The monoisotopic (exact) mass is 159 g/mol. The van der Waals surface area contributed by atoms with Crippen molar-refractivity contribution in [3.05, 3.63) is 30.1 Å². The molecule has 58 valence electrons.